The summed E-state index contributed by atoms with van der Waals surface area (Å²) < 4.78 is 8.18. The molecule has 0 saturated heterocycles. The number of rotatable bonds is 5. The van der Waals surface area contributed by atoms with Gasteiger partial charge in [-0.3, -0.25) is 0 Å². The minimum absolute atomic E-state index is 0.239. The van der Waals surface area contributed by atoms with E-state index in [0.717, 1.165) is 36.4 Å². The smallest absolute Gasteiger partial charge is 0.339 e. The average molecular weight is 399 g/mol. The van der Waals surface area contributed by atoms with Crippen molar-refractivity contribution >= 4 is 33.5 Å². The number of fused-ring (bicyclic) bond motifs is 4. The van der Waals surface area contributed by atoms with Crippen LogP contribution in [0.3, 0.4) is 0 Å². The number of anilines is 1. The molecule has 0 amide bonds. The standard InChI is InChI=1S/C26H26N2O2/c1-4-27(5-2)18-12-13-20-22(16-18)25(30-26(20)29)17-11-14-24-21(15-17)19-9-7-8-10-23(19)28(24)6-3/h7-16,25H,4-6H2,1-3H3. The molecule has 4 heteroatoms. The average Bonchev–Trinajstić information content (AvgIpc) is 3.28. The Morgan fingerprint density at radius 1 is 0.900 bits per heavy atom. The van der Waals surface area contributed by atoms with Crippen LogP contribution in [-0.2, 0) is 11.3 Å². The quantitative estimate of drug-likeness (QED) is 0.391. The molecule has 0 aliphatic carbocycles. The van der Waals surface area contributed by atoms with E-state index >= 15 is 0 Å². The highest BCUT2D eigenvalue weighted by Gasteiger charge is 2.33. The predicted molar refractivity (Wildman–Crippen MR) is 122 cm³/mol. The fraction of sp³-hybridized carbons (Fsp3) is 0.269. The molecule has 0 fully saturated rings. The second-order valence-corrected chi connectivity index (χ2v) is 7.77. The minimum atomic E-state index is -0.365. The Balaban J connectivity index is 1.66. The lowest BCUT2D eigenvalue weighted by molar-refractivity contribution is 0.0456. The monoisotopic (exact) mass is 398 g/mol. The van der Waals surface area contributed by atoms with Gasteiger partial charge in [-0.25, -0.2) is 4.79 Å². The number of hydrogen-bond acceptors (Lipinski definition) is 3. The molecular weight excluding hydrogens is 372 g/mol. The van der Waals surface area contributed by atoms with Gasteiger partial charge >= 0.3 is 5.97 Å². The van der Waals surface area contributed by atoms with E-state index in [4.69, 9.17) is 4.74 Å². The minimum Gasteiger partial charge on any atom is -0.449 e. The van der Waals surface area contributed by atoms with E-state index in [1.165, 1.54) is 21.8 Å². The first kappa shape index (κ1) is 18.7. The van der Waals surface area contributed by atoms with Crippen molar-refractivity contribution in [1.29, 1.82) is 0 Å². The summed E-state index contributed by atoms with van der Waals surface area (Å²) in [5.41, 5.74) is 6.23. The molecule has 0 bridgehead atoms. The SMILES string of the molecule is CCN(CC)c1ccc2c(c1)C(c1ccc3c(c1)c1ccccc1n3CC)OC2=O. The van der Waals surface area contributed by atoms with E-state index in [1.807, 2.05) is 12.1 Å². The number of aromatic nitrogens is 1. The molecule has 152 valence electrons. The number of benzene rings is 3. The van der Waals surface area contributed by atoms with Crippen molar-refractivity contribution in [3.63, 3.8) is 0 Å². The molecule has 1 unspecified atom stereocenters. The summed E-state index contributed by atoms with van der Waals surface area (Å²) >= 11 is 0. The number of ether oxygens (including phenoxy) is 1. The van der Waals surface area contributed by atoms with Gasteiger partial charge in [-0.1, -0.05) is 24.3 Å². The summed E-state index contributed by atoms with van der Waals surface area (Å²) in [5.74, 6) is -0.239. The van der Waals surface area contributed by atoms with E-state index < -0.39 is 0 Å². The zero-order chi connectivity index (χ0) is 20.8. The van der Waals surface area contributed by atoms with Crippen LogP contribution < -0.4 is 4.90 Å². The Hall–Kier alpha value is -3.27. The van der Waals surface area contributed by atoms with Gasteiger partial charge in [-0.2, -0.15) is 0 Å². The highest BCUT2D eigenvalue weighted by atomic mass is 16.5. The highest BCUT2D eigenvalue weighted by molar-refractivity contribution is 6.08. The maximum atomic E-state index is 12.6. The molecule has 4 nitrogen and oxygen atoms in total. The lowest BCUT2D eigenvalue weighted by Crippen LogP contribution is -2.21. The Kier molecular flexibility index (Phi) is 4.50. The van der Waals surface area contributed by atoms with Gasteiger partial charge in [0.05, 0.1) is 5.56 Å². The number of carbonyl (C=O) groups excluding carboxylic acids is 1. The third kappa shape index (κ3) is 2.71. The lowest BCUT2D eigenvalue weighted by atomic mass is 9.97. The maximum Gasteiger partial charge on any atom is 0.339 e. The summed E-state index contributed by atoms with van der Waals surface area (Å²) in [6.45, 7) is 9.23. The Bertz CT molecular complexity index is 1270. The Morgan fingerprint density at radius 2 is 1.67 bits per heavy atom. The van der Waals surface area contributed by atoms with Gasteiger partial charge in [0.1, 0.15) is 0 Å². The summed E-state index contributed by atoms with van der Waals surface area (Å²) in [5, 5.41) is 2.44. The van der Waals surface area contributed by atoms with Crippen LogP contribution in [0.4, 0.5) is 5.69 Å². The molecule has 1 atom stereocenters. The van der Waals surface area contributed by atoms with Crippen molar-refractivity contribution < 1.29 is 9.53 Å². The molecule has 0 spiro atoms. The number of carbonyl (C=O) groups is 1. The van der Waals surface area contributed by atoms with Crippen molar-refractivity contribution in [2.45, 2.75) is 33.4 Å². The molecule has 1 aliphatic heterocycles. The van der Waals surface area contributed by atoms with Gasteiger partial charge in [0.15, 0.2) is 6.10 Å². The van der Waals surface area contributed by atoms with Crippen molar-refractivity contribution in [2.75, 3.05) is 18.0 Å². The number of para-hydroxylation sites is 1. The highest BCUT2D eigenvalue weighted by Crippen LogP contribution is 2.40. The van der Waals surface area contributed by atoms with Crippen molar-refractivity contribution in [3.8, 4) is 0 Å². The third-order valence-corrected chi connectivity index (χ3v) is 6.31. The number of hydrogen-bond donors (Lipinski definition) is 0. The van der Waals surface area contributed by atoms with E-state index in [0.29, 0.717) is 5.56 Å². The normalized spacial score (nSPS) is 15.6. The van der Waals surface area contributed by atoms with Gasteiger partial charge in [0.25, 0.3) is 0 Å². The number of cyclic esters (lactones) is 1. The van der Waals surface area contributed by atoms with Crippen LogP contribution in [0.1, 0.15) is 48.4 Å². The van der Waals surface area contributed by atoms with Gasteiger partial charge < -0.3 is 14.2 Å². The Labute approximate surface area is 176 Å². The van der Waals surface area contributed by atoms with Gasteiger partial charge in [-0.15, -0.1) is 0 Å². The number of aryl methyl sites for hydroxylation is 1. The summed E-state index contributed by atoms with van der Waals surface area (Å²) in [4.78, 5) is 14.8. The molecule has 0 saturated carbocycles. The van der Waals surface area contributed by atoms with E-state index in [9.17, 15) is 4.79 Å². The summed E-state index contributed by atoms with van der Waals surface area (Å²) in [6.07, 6.45) is -0.365. The van der Waals surface area contributed by atoms with Gasteiger partial charge in [-0.05, 0) is 62.7 Å². The van der Waals surface area contributed by atoms with Crippen LogP contribution in [0, 0.1) is 0 Å². The molecule has 30 heavy (non-hydrogen) atoms. The molecule has 0 N–H and O–H groups in total. The Morgan fingerprint density at radius 3 is 2.43 bits per heavy atom. The predicted octanol–water partition coefficient (Wildman–Crippen LogP) is 5.92. The molecule has 3 aromatic carbocycles. The fourth-order valence-electron chi connectivity index (χ4n) is 4.80. The molecule has 2 heterocycles. The number of esters is 1. The second kappa shape index (κ2) is 7.21. The summed E-state index contributed by atoms with van der Waals surface area (Å²) in [6, 6.07) is 21.0. The van der Waals surface area contributed by atoms with Crippen LogP contribution in [0.25, 0.3) is 21.8 Å². The fourth-order valence-corrected chi connectivity index (χ4v) is 4.80. The van der Waals surface area contributed by atoms with E-state index in [-0.39, 0.29) is 12.1 Å². The van der Waals surface area contributed by atoms with Crippen molar-refractivity contribution in [3.05, 3.63) is 77.4 Å². The van der Waals surface area contributed by atoms with E-state index in [1.54, 1.807) is 0 Å². The first-order valence-electron chi connectivity index (χ1n) is 10.8. The van der Waals surface area contributed by atoms with Crippen LogP contribution in [0.5, 0.6) is 0 Å². The second-order valence-electron chi connectivity index (χ2n) is 7.77. The van der Waals surface area contributed by atoms with Crippen LogP contribution >= 0.6 is 0 Å². The van der Waals surface area contributed by atoms with Crippen LogP contribution in [-0.4, -0.2) is 23.6 Å². The molecule has 0 radical (unpaired) electrons. The van der Waals surface area contributed by atoms with Crippen LogP contribution in [0.2, 0.25) is 0 Å². The zero-order valence-corrected chi connectivity index (χ0v) is 17.7. The maximum absolute atomic E-state index is 12.6. The van der Waals surface area contributed by atoms with Gasteiger partial charge in [0.2, 0.25) is 0 Å². The third-order valence-electron chi connectivity index (χ3n) is 6.31. The van der Waals surface area contributed by atoms with Crippen molar-refractivity contribution in [2.24, 2.45) is 0 Å². The van der Waals surface area contributed by atoms with Crippen molar-refractivity contribution in [1.82, 2.24) is 4.57 Å². The largest absolute Gasteiger partial charge is 0.449 e. The first-order chi connectivity index (χ1) is 14.7. The van der Waals surface area contributed by atoms with Crippen LogP contribution in [0.15, 0.2) is 60.7 Å². The molecule has 1 aliphatic rings. The summed E-state index contributed by atoms with van der Waals surface area (Å²) in [7, 11) is 0. The first-order valence-corrected chi connectivity index (χ1v) is 10.8. The van der Waals surface area contributed by atoms with Gasteiger partial charge in [0, 0.05) is 52.7 Å². The van der Waals surface area contributed by atoms with E-state index in [2.05, 4.69) is 78.8 Å². The molecular formula is C26H26N2O2. The lowest BCUT2D eigenvalue weighted by Gasteiger charge is -2.22. The molecule has 4 aromatic rings. The topological polar surface area (TPSA) is 34.5 Å². The molecule has 5 rings (SSSR count). The number of nitrogens with zero attached hydrogens (tertiary/aromatic N) is 2. The molecule has 1 aromatic heterocycles. The zero-order valence-electron chi connectivity index (χ0n) is 17.7.